The molecule has 0 saturated carbocycles. The Morgan fingerprint density at radius 3 is 2.64 bits per heavy atom. The third kappa shape index (κ3) is 4.42. The molecule has 7 nitrogen and oxygen atoms in total. The third-order valence-corrected chi connectivity index (χ3v) is 4.23. The first kappa shape index (κ1) is 18.6. The lowest BCUT2D eigenvalue weighted by Crippen LogP contribution is -2.39. The molecule has 1 aliphatic heterocycles. The summed E-state index contributed by atoms with van der Waals surface area (Å²) in [5.74, 6) is 0.152. The Kier molecular flexibility index (Phi) is 6.24. The number of ether oxygens (including phenoxy) is 2. The average Bonchev–Trinajstić information content (AvgIpc) is 2.87. The standard InChI is InChI=1S/C17H18N2O5S/c1-4-7-18-15(20)10-19-16(21)14(25-17(19)22)9-11-5-6-12(23-2)13(8-11)24-3/h4-6,8-9H,1,7,10H2,2-3H3,(H,18,20). The number of hydrogen-bond acceptors (Lipinski definition) is 6. The molecule has 8 heteroatoms. The molecular formula is C17H18N2O5S. The van der Waals surface area contributed by atoms with Crippen LogP contribution in [0, 0.1) is 0 Å². The van der Waals surface area contributed by atoms with Crippen LogP contribution in [0.2, 0.25) is 0 Å². The first-order chi connectivity index (χ1) is 12.0. The maximum Gasteiger partial charge on any atom is 0.294 e. The van der Waals surface area contributed by atoms with Crippen molar-refractivity contribution in [3.05, 3.63) is 41.3 Å². The molecule has 25 heavy (non-hydrogen) atoms. The zero-order valence-electron chi connectivity index (χ0n) is 13.9. The molecule has 132 valence electrons. The highest BCUT2D eigenvalue weighted by Crippen LogP contribution is 2.34. The topological polar surface area (TPSA) is 84.9 Å². The molecule has 1 aromatic carbocycles. The van der Waals surface area contributed by atoms with Crippen LogP contribution >= 0.6 is 11.8 Å². The summed E-state index contributed by atoms with van der Waals surface area (Å²) in [6, 6.07) is 5.15. The molecule has 1 heterocycles. The Bertz CT molecular complexity index is 745. The van der Waals surface area contributed by atoms with E-state index >= 15 is 0 Å². The van der Waals surface area contributed by atoms with Crippen molar-refractivity contribution in [2.24, 2.45) is 0 Å². The summed E-state index contributed by atoms with van der Waals surface area (Å²) in [6.45, 7) is 3.44. The minimum absolute atomic E-state index is 0.244. The van der Waals surface area contributed by atoms with Crippen LogP contribution in [0.15, 0.2) is 35.8 Å². The van der Waals surface area contributed by atoms with E-state index in [2.05, 4.69) is 11.9 Å². The van der Waals surface area contributed by atoms with Gasteiger partial charge in [0.1, 0.15) is 6.54 Å². The summed E-state index contributed by atoms with van der Waals surface area (Å²) in [6.07, 6.45) is 3.09. The summed E-state index contributed by atoms with van der Waals surface area (Å²) in [5, 5.41) is 2.05. The van der Waals surface area contributed by atoms with E-state index in [0.29, 0.717) is 17.1 Å². The van der Waals surface area contributed by atoms with Crippen LogP contribution in [-0.4, -0.2) is 49.3 Å². The van der Waals surface area contributed by atoms with E-state index in [9.17, 15) is 14.4 Å². The third-order valence-electron chi connectivity index (χ3n) is 3.32. The molecule has 1 aromatic rings. The average molecular weight is 362 g/mol. The van der Waals surface area contributed by atoms with Gasteiger partial charge in [0, 0.05) is 6.54 Å². The Morgan fingerprint density at radius 2 is 2.00 bits per heavy atom. The second-order valence-corrected chi connectivity index (χ2v) is 5.97. The van der Waals surface area contributed by atoms with E-state index in [-0.39, 0.29) is 18.0 Å². The Morgan fingerprint density at radius 1 is 1.28 bits per heavy atom. The maximum atomic E-state index is 12.4. The van der Waals surface area contributed by atoms with Gasteiger partial charge >= 0.3 is 0 Å². The lowest BCUT2D eigenvalue weighted by molar-refractivity contribution is -0.129. The van der Waals surface area contributed by atoms with Crippen LogP contribution < -0.4 is 14.8 Å². The highest BCUT2D eigenvalue weighted by molar-refractivity contribution is 8.18. The maximum absolute atomic E-state index is 12.4. The van der Waals surface area contributed by atoms with Crippen LogP contribution in [0.3, 0.4) is 0 Å². The number of nitrogens with one attached hydrogen (secondary N) is 1. The van der Waals surface area contributed by atoms with E-state index in [4.69, 9.17) is 9.47 Å². The molecule has 1 N–H and O–H groups in total. The quantitative estimate of drug-likeness (QED) is 0.590. The molecule has 0 aliphatic carbocycles. The van der Waals surface area contributed by atoms with Gasteiger partial charge < -0.3 is 14.8 Å². The van der Waals surface area contributed by atoms with Gasteiger partial charge in [0.2, 0.25) is 5.91 Å². The Balaban J connectivity index is 2.17. The first-order valence-electron chi connectivity index (χ1n) is 7.35. The molecule has 0 unspecified atom stereocenters. The van der Waals surface area contributed by atoms with Crippen molar-refractivity contribution in [3.63, 3.8) is 0 Å². The number of hydrogen-bond donors (Lipinski definition) is 1. The summed E-state index contributed by atoms with van der Waals surface area (Å²) >= 11 is 0.792. The predicted octanol–water partition coefficient (Wildman–Crippen LogP) is 2.04. The van der Waals surface area contributed by atoms with Crippen molar-refractivity contribution >= 4 is 34.9 Å². The molecule has 0 atom stereocenters. The number of imide groups is 1. The van der Waals surface area contributed by atoms with Gasteiger partial charge in [-0.25, -0.2) is 0 Å². The molecule has 1 fully saturated rings. The van der Waals surface area contributed by atoms with E-state index < -0.39 is 17.1 Å². The SMILES string of the molecule is C=CCNC(=O)CN1C(=O)SC(=Cc2ccc(OC)c(OC)c2)C1=O. The highest BCUT2D eigenvalue weighted by Gasteiger charge is 2.36. The van der Waals surface area contributed by atoms with Crippen molar-refractivity contribution in [3.8, 4) is 11.5 Å². The van der Waals surface area contributed by atoms with Gasteiger partial charge in [-0.3, -0.25) is 19.3 Å². The second-order valence-electron chi connectivity index (χ2n) is 4.98. The summed E-state index contributed by atoms with van der Waals surface area (Å²) in [4.78, 5) is 37.2. The number of rotatable bonds is 7. The molecular weight excluding hydrogens is 344 g/mol. The molecule has 0 bridgehead atoms. The van der Waals surface area contributed by atoms with Crippen LogP contribution in [0.5, 0.6) is 11.5 Å². The zero-order chi connectivity index (χ0) is 18.4. The van der Waals surface area contributed by atoms with Crippen molar-refractivity contribution in [2.45, 2.75) is 0 Å². The van der Waals surface area contributed by atoms with Crippen molar-refractivity contribution in [1.82, 2.24) is 10.2 Å². The molecule has 0 radical (unpaired) electrons. The predicted molar refractivity (Wildman–Crippen MR) is 95.4 cm³/mol. The van der Waals surface area contributed by atoms with Gasteiger partial charge in [0.15, 0.2) is 11.5 Å². The minimum Gasteiger partial charge on any atom is -0.493 e. The van der Waals surface area contributed by atoms with Crippen LogP contribution in [-0.2, 0) is 9.59 Å². The van der Waals surface area contributed by atoms with E-state index in [1.165, 1.54) is 20.3 Å². The summed E-state index contributed by atoms with van der Waals surface area (Å²) < 4.78 is 10.4. The number of carbonyl (C=O) groups excluding carboxylic acids is 3. The van der Waals surface area contributed by atoms with Crippen molar-refractivity contribution in [2.75, 3.05) is 27.3 Å². The summed E-state index contributed by atoms with van der Waals surface area (Å²) in [5.41, 5.74) is 0.680. The minimum atomic E-state index is -0.501. The van der Waals surface area contributed by atoms with Crippen LogP contribution in [0.25, 0.3) is 6.08 Å². The number of amides is 3. The number of thioether (sulfide) groups is 1. The normalized spacial score (nSPS) is 15.4. The first-order valence-corrected chi connectivity index (χ1v) is 8.16. The van der Waals surface area contributed by atoms with Gasteiger partial charge in [-0.2, -0.15) is 0 Å². The van der Waals surface area contributed by atoms with Crippen molar-refractivity contribution in [1.29, 1.82) is 0 Å². The second kappa shape index (κ2) is 8.39. The van der Waals surface area contributed by atoms with Gasteiger partial charge in [-0.1, -0.05) is 12.1 Å². The van der Waals surface area contributed by atoms with E-state index in [1.807, 2.05) is 0 Å². The smallest absolute Gasteiger partial charge is 0.294 e. The van der Waals surface area contributed by atoms with Gasteiger partial charge in [-0.15, -0.1) is 6.58 Å². The fourth-order valence-electron chi connectivity index (χ4n) is 2.12. The lowest BCUT2D eigenvalue weighted by atomic mass is 10.2. The summed E-state index contributed by atoms with van der Waals surface area (Å²) in [7, 11) is 3.04. The largest absolute Gasteiger partial charge is 0.493 e. The number of methoxy groups -OCH3 is 2. The number of benzene rings is 1. The molecule has 0 aromatic heterocycles. The Hall–Kier alpha value is -2.74. The van der Waals surface area contributed by atoms with Crippen LogP contribution in [0.4, 0.5) is 4.79 Å². The molecule has 3 amide bonds. The number of nitrogens with zero attached hydrogens (tertiary/aromatic N) is 1. The number of carbonyl (C=O) groups is 3. The van der Waals surface area contributed by atoms with Crippen LogP contribution in [0.1, 0.15) is 5.56 Å². The lowest BCUT2D eigenvalue weighted by Gasteiger charge is -2.11. The fraction of sp³-hybridized carbons (Fsp3) is 0.235. The molecule has 1 aliphatic rings. The van der Waals surface area contributed by atoms with Gasteiger partial charge in [0.05, 0.1) is 19.1 Å². The van der Waals surface area contributed by atoms with Crippen molar-refractivity contribution < 1.29 is 23.9 Å². The zero-order valence-corrected chi connectivity index (χ0v) is 14.7. The fourth-order valence-corrected chi connectivity index (χ4v) is 2.95. The van der Waals surface area contributed by atoms with Gasteiger partial charge in [0.25, 0.3) is 11.1 Å². The highest BCUT2D eigenvalue weighted by atomic mass is 32.2. The Labute approximate surface area is 149 Å². The molecule has 1 saturated heterocycles. The van der Waals surface area contributed by atoms with E-state index in [0.717, 1.165) is 16.7 Å². The molecule has 2 rings (SSSR count). The molecule has 0 spiro atoms. The van der Waals surface area contributed by atoms with E-state index in [1.54, 1.807) is 24.3 Å². The van der Waals surface area contributed by atoms with Gasteiger partial charge in [-0.05, 0) is 35.5 Å². The monoisotopic (exact) mass is 362 g/mol.